The van der Waals surface area contributed by atoms with Gasteiger partial charge in [0.1, 0.15) is 5.75 Å². The zero-order valence-electron chi connectivity index (χ0n) is 15.4. The van der Waals surface area contributed by atoms with Gasteiger partial charge in [-0.15, -0.1) is 0 Å². The van der Waals surface area contributed by atoms with Crippen LogP contribution in [0.15, 0.2) is 36.4 Å². The number of carbonyl (C=O) groups excluding carboxylic acids is 2. The summed E-state index contributed by atoms with van der Waals surface area (Å²) in [7, 11) is 1.49. The van der Waals surface area contributed by atoms with Gasteiger partial charge >= 0.3 is 5.97 Å². The minimum absolute atomic E-state index is 0.0936. The van der Waals surface area contributed by atoms with Gasteiger partial charge in [-0.25, -0.2) is 4.79 Å². The molecule has 142 valence electrons. The number of nitrogens with zero attached hydrogens (tertiary/aromatic N) is 1. The smallest absolute Gasteiger partial charge is 0.338 e. The van der Waals surface area contributed by atoms with Gasteiger partial charge < -0.3 is 14.8 Å². The molecule has 1 unspecified atom stereocenters. The highest BCUT2D eigenvalue weighted by molar-refractivity contribution is 5.98. The number of rotatable bonds is 6. The van der Waals surface area contributed by atoms with Gasteiger partial charge in [-0.3, -0.25) is 14.9 Å². The summed E-state index contributed by atoms with van der Waals surface area (Å²) in [4.78, 5) is 34.9. The van der Waals surface area contributed by atoms with Crippen molar-refractivity contribution in [2.75, 3.05) is 12.4 Å². The molecule has 27 heavy (non-hydrogen) atoms. The maximum absolute atomic E-state index is 12.3. The lowest BCUT2D eigenvalue weighted by atomic mass is 10.1. The predicted molar refractivity (Wildman–Crippen MR) is 99.1 cm³/mol. The Bertz CT molecular complexity index is 894. The number of hydrogen-bond donors (Lipinski definition) is 1. The highest BCUT2D eigenvalue weighted by Crippen LogP contribution is 2.25. The molecule has 0 spiro atoms. The average Bonchev–Trinajstić information content (AvgIpc) is 2.61. The van der Waals surface area contributed by atoms with Crippen molar-refractivity contribution in [3.8, 4) is 5.75 Å². The van der Waals surface area contributed by atoms with Crippen LogP contribution in [-0.2, 0) is 9.53 Å². The standard InChI is InChI=1S/C19H20N2O6/c1-11-5-8-17(26-4)15(9-11)20-18(22)13(3)27-19(23)14-6-7-16(21(24)25)12(2)10-14/h5-10,13H,1-4H3,(H,20,22). The fourth-order valence-corrected chi connectivity index (χ4v) is 2.42. The Balaban J connectivity index is 2.08. The topological polar surface area (TPSA) is 108 Å². The minimum atomic E-state index is -1.07. The molecule has 0 aliphatic rings. The van der Waals surface area contributed by atoms with Crippen LogP contribution in [0.1, 0.15) is 28.4 Å². The third kappa shape index (κ3) is 4.81. The molecule has 0 bridgehead atoms. The van der Waals surface area contributed by atoms with E-state index >= 15 is 0 Å². The Hall–Kier alpha value is -3.42. The zero-order chi connectivity index (χ0) is 20.1. The molecule has 2 aromatic rings. The molecule has 0 heterocycles. The second-order valence-electron chi connectivity index (χ2n) is 6.00. The minimum Gasteiger partial charge on any atom is -0.495 e. The number of ether oxygens (including phenoxy) is 2. The molecular weight excluding hydrogens is 352 g/mol. The van der Waals surface area contributed by atoms with Crippen LogP contribution in [0.4, 0.5) is 11.4 Å². The maximum Gasteiger partial charge on any atom is 0.338 e. The molecule has 8 nitrogen and oxygen atoms in total. The molecule has 0 fully saturated rings. The third-order valence-corrected chi connectivity index (χ3v) is 3.90. The Labute approximate surface area is 156 Å². The van der Waals surface area contributed by atoms with Crippen LogP contribution in [0.25, 0.3) is 0 Å². The van der Waals surface area contributed by atoms with Gasteiger partial charge in [0.15, 0.2) is 6.10 Å². The molecule has 2 rings (SSSR count). The Morgan fingerprint density at radius 2 is 1.85 bits per heavy atom. The van der Waals surface area contributed by atoms with Crippen molar-refractivity contribution in [2.45, 2.75) is 26.9 Å². The van der Waals surface area contributed by atoms with Gasteiger partial charge in [-0.1, -0.05) is 6.07 Å². The van der Waals surface area contributed by atoms with Crippen LogP contribution in [0, 0.1) is 24.0 Å². The normalized spacial score (nSPS) is 11.4. The highest BCUT2D eigenvalue weighted by Gasteiger charge is 2.21. The Kier molecular flexibility index (Phi) is 6.12. The van der Waals surface area contributed by atoms with Gasteiger partial charge in [0.25, 0.3) is 11.6 Å². The summed E-state index contributed by atoms with van der Waals surface area (Å²) in [5.41, 5.74) is 1.76. The van der Waals surface area contributed by atoms with E-state index < -0.39 is 22.9 Å². The lowest BCUT2D eigenvalue weighted by Gasteiger charge is -2.15. The first-order valence-corrected chi connectivity index (χ1v) is 8.14. The second-order valence-corrected chi connectivity index (χ2v) is 6.00. The van der Waals surface area contributed by atoms with Gasteiger partial charge in [-0.05, 0) is 50.6 Å². The van der Waals surface area contributed by atoms with Crippen LogP contribution in [0.2, 0.25) is 0 Å². The number of benzene rings is 2. The number of nitro groups is 1. The molecule has 1 atom stereocenters. The number of aryl methyl sites for hydroxylation is 2. The summed E-state index contributed by atoms with van der Waals surface area (Å²) in [6.45, 7) is 4.83. The van der Waals surface area contributed by atoms with E-state index in [1.54, 1.807) is 12.1 Å². The first kappa shape index (κ1) is 19.9. The van der Waals surface area contributed by atoms with E-state index in [-0.39, 0.29) is 11.3 Å². The number of esters is 1. The van der Waals surface area contributed by atoms with Crippen LogP contribution >= 0.6 is 0 Å². The Morgan fingerprint density at radius 1 is 1.15 bits per heavy atom. The summed E-state index contributed by atoms with van der Waals surface area (Å²) in [5, 5.41) is 13.5. The lowest BCUT2D eigenvalue weighted by molar-refractivity contribution is -0.385. The first-order chi connectivity index (χ1) is 12.7. The third-order valence-electron chi connectivity index (χ3n) is 3.90. The lowest BCUT2D eigenvalue weighted by Crippen LogP contribution is -2.30. The number of nitrogens with one attached hydrogen (secondary N) is 1. The van der Waals surface area contributed by atoms with E-state index in [1.165, 1.54) is 39.2 Å². The first-order valence-electron chi connectivity index (χ1n) is 8.14. The number of nitro benzene ring substituents is 1. The van der Waals surface area contributed by atoms with Crippen LogP contribution in [0.5, 0.6) is 5.75 Å². The molecule has 0 saturated heterocycles. The molecule has 0 aliphatic heterocycles. The van der Waals surface area contributed by atoms with E-state index in [0.717, 1.165) is 5.56 Å². The SMILES string of the molecule is COc1ccc(C)cc1NC(=O)C(C)OC(=O)c1ccc([N+](=O)[O-])c(C)c1. The number of carbonyl (C=O) groups is 2. The Morgan fingerprint density at radius 3 is 2.44 bits per heavy atom. The van der Waals surface area contributed by atoms with E-state index in [2.05, 4.69) is 5.32 Å². The zero-order valence-corrected chi connectivity index (χ0v) is 15.4. The van der Waals surface area contributed by atoms with Gasteiger partial charge in [0.2, 0.25) is 0 Å². The van der Waals surface area contributed by atoms with Crippen LogP contribution in [0.3, 0.4) is 0 Å². The second kappa shape index (κ2) is 8.31. The van der Waals surface area contributed by atoms with Crippen molar-refractivity contribution in [1.29, 1.82) is 0 Å². The van der Waals surface area contributed by atoms with Crippen molar-refractivity contribution in [3.63, 3.8) is 0 Å². The molecule has 2 aromatic carbocycles. The molecule has 1 amide bonds. The number of methoxy groups -OCH3 is 1. The van der Waals surface area contributed by atoms with Crippen LogP contribution < -0.4 is 10.1 Å². The number of hydrogen-bond acceptors (Lipinski definition) is 6. The van der Waals surface area contributed by atoms with E-state index in [4.69, 9.17) is 9.47 Å². The van der Waals surface area contributed by atoms with E-state index in [1.807, 2.05) is 13.0 Å². The van der Waals surface area contributed by atoms with Crippen molar-refractivity contribution in [1.82, 2.24) is 0 Å². The summed E-state index contributed by atoms with van der Waals surface area (Å²) < 4.78 is 10.4. The van der Waals surface area contributed by atoms with Crippen molar-refractivity contribution < 1.29 is 24.0 Å². The van der Waals surface area contributed by atoms with Crippen molar-refractivity contribution >= 4 is 23.3 Å². The van der Waals surface area contributed by atoms with Crippen molar-refractivity contribution in [2.24, 2.45) is 0 Å². The fraction of sp³-hybridized carbons (Fsp3) is 0.263. The monoisotopic (exact) mass is 372 g/mol. The van der Waals surface area contributed by atoms with Gasteiger partial charge in [0.05, 0.1) is 23.3 Å². The molecule has 0 saturated carbocycles. The molecule has 0 aliphatic carbocycles. The average molecular weight is 372 g/mol. The molecular formula is C19H20N2O6. The fourth-order valence-electron chi connectivity index (χ4n) is 2.42. The molecule has 0 radical (unpaired) electrons. The summed E-state index contributed by atoms with van der Waals surface area (Å²) >= 11 is 0. The quantitative estimate of drug-likeness (QED) is 0.473. The largest absolute Gasteiger partial charge is 0.495 e. The molecule has 0 aromatic heterocycles. The van der Waals surface area contributed by atoms with E-state index in [9.17, 15) is 19.7 Å². The number of amides is 1. The number of anilines is 1. The van der Waals surface area contributed by atoms with Crippen molar-refractivity contribution in [3.05, 3.63) is 63.2 Å². The molecule has 1 N–H and O–H groups in total. The van der Waals surface area contributed by atoms with Gasteiger partial charge in [0, 0.05) is 11.6 Å². The summed E-state index contributed by atoms with van der Waals surface area (Å²) in [6, 6.07) is 9.19. The summed E-state index contributed by atoms with van der Waals surface area (Å²) in [6.07, 6.45) is -1.07. The highest BCUT2D eigenvalue weighted by atomic mass is 16.6. The molecule has 8 heteroatoms. The summed E-state index contributed by atoms with van der Waals surface area (Å²) in [5.74, 6) is -0.781. The van der Waals surface area contributed by atoms with Gasteiger partial charge in [-0.2, -0.15) is 0 Å². The van der Waals surface area contributed by atoms with Crippen LogP contribution in [-0.4, -0.2) is 30.0 Å². The maximum atomic E-state index is 12.3. The van der Waals surface area contributed by atoms with E-state index in [0.29, 0.717) is 17.0 Å². The predicted octanol–water partition coefficient (Wildman–Crippen LogP) is 3.40.